The predicted molar refractivity (Wildman–Crippen MR) is 86.8 cm³/mol. The van der Waals surface area contributed by atoms with E-state index in [4.69, 9.17) is 4.74 Å². The first-order valence-electron chi connectivity index (χ1n) is 8.43. The molecule has 0 unspecified atom stereocenters. The third-order valence-electron chi connectivity index (χ3n) is 4.63. The van der Waals surface area contributed by atoms with Gasteiger partial charge in [-0.1, -0.05) is 30.3 Å². The molecule has 1 aromatic carbocycles. The second kappa shape index (κ2) is 7.59. The number of carbonyl (C=O) groups is 2. The van der Waals surface area contributed by atoms with Crippen molar-refractivity contribution in [3.8, 4) is 0 Å². The number of nitrogens with zero attached hydrogens (tertiary/aromatic N) is 1. The van der Waals surface area contributed by atoms with Crippen LogP contribution in [0.3, 0.4) is 0 Å². The Hall–Kier alpha value is -1.88. The second-order valence-electron chi connectivity index (χ2n) is 6.36. The lowest BCUT2D eigenvalue weighted by molar-refractivity contribution is -0.129. The van der Waals surface area contributed by atoms with Gasteiger partial charge in [0.05, 0.1) is 12.0 Å². The van der Waals surface area contributed by atoms with E-state index >= 15 is 0 Å². The van der Waals surface area contributed by atoms with E-state index in [0.29, 0.717) is 26.1 Å². The first-order valence-corrected chi connectivity index (χ1v) is 8.43. The number of nitrogens with one attached hydrogen (secondary N) is 1. The number of amides is 2. The monoisotopic (exact) mass is 316 g/mol. The minimum atomic E-state index is -0.223. The van der Waals surface area contributed by atoms with Crippen molar-refractivity contribution in [2.24, 2.45) is 5.92 Å². The number of benzene rings is 1. The highest BCUT2D eigenvalue weighted by atomic mass is 16.5. The molecule has 0 aromatic heterocycles. The molecule has 0 bridgehead atoms. The summed E-state index contributed by atoms with van der Waals surface area (Å²) < 4.78 is 5.50. The molecular formula is C18H24N2O3. The van der Waals surface area contributed by atoms with Gasteiger partial charge < -0.3 is 15.0 Å². The molecular weight excluding hydrogens is 292 g/mol. The molecule has 2 saturated heterocycles. The van der Waals surface area contributed by atoms with Crippen molar-refractivity contribution in [3.05, 3.63) is 35.9 Å². The van der Waals surface area contributed by atoms with Crippen LogP contribution in [0.5, 0.6) is 0 Å². The Bertz CT molecular complexity index is 540. The fraction of sp³-hybridized carbons (Fsp3) is 0.556. The Kier molecular flexibility index (Phi) is 5.28. The molecule has 2 fully saturated rings. The summed E-state index contributed by atoms with van der Waals surface area (Å²) in [6, 6.07) is 10.1. The SMILES string of the molecule is O=C(NC[C@@H]1CCCO1)[C@@H]1CC(=O)N(CCc2ccccc2)C1. The van der Waals surface area contributed by atoms with Crippen LogP contribution in [0.1, 0.15) is 24.8 Å². The number of rotatable bonds is 6. The zero-order chi connectivity index (χ0) is 16.1. The zero-order valence-corrected chi connectivity index (χ0v) is 13.4. The summed E-state index contributed by atoms with van der Waals surface area (Å²) >= 11 is 0. The van der Waals surface area contributed by atoms with Crippen LogP contribution in [0.15, 0.2) is 30.3 Å². The van der Waals surface area contributed by atoms with E-state index in [9.17, 15) is 9.59 Å². The van der Waals surface area contributed by atoms with Gasteiger partial charge in [0.1, 0.15) is 0 Å². The Morgan fingerprint density at radius 2 is 2.13 bits per heavy atom. The smallest absolute Gasteiger partial charge is 0.225 e. The maximum absolute atomic E-state index is 12.2. The van der Waals surface area contributed by atoms with Gasteiger partial charge in [-0.2, -0.15) is 0 Å². The molecule has 1 aromatic rings. The van der Waals surface area contributed by atoms with E-state index in [0.717, 1.165) is 25.9 Å². The Morgan fingerprint density at radius 3 is 2.87 bits per heavy atom. The lowest BCUT2D eigenvalue weighted by Gasteiger charge is -2.17. The molecule has 2 aliphatic heterocycles. The van der Waals surface area contributed by atoms with E-state index < -0.39 is 0 Å². The second-order valence-corrected chi connectivity index (χ2v) is 6.36. The molecule has 23 heavy (non-hydrogen) atoms. The minimum Gasteiger partial charge on any atom is -0.376 e. The highest BCUT2D eigenvalue weighted by molar-refractivity contribution is 5.89. The average molecular weight is 316 g/mol. The topological polar surface area (TPSA) is 58.6 Å². The van der Waals surface area contributed by atoms with Crippen LogP contribution in [0.4, 0.5) is 0 Å². The van der Waals surface area contributed by atoms with Crippen LogP contribution in [-0.4, -0.2) is 49.1 Å². The van der Waals surface area contributed by atoms with Crippen molar-refractivity contribution in [3.63, 3.8) is 0 Å². The van der Waals surface area contributed by atoms with Crippen LogP contribution in [-0.2, 0) is 20.7 Å². The van der Waals surface area contributed by atoms with Crippen molar-refractivity contribution < 1.29 is 14.3 Å². The third kappa shape index (κ3) is 4.32. The largest absolute Gasteiger partial charge is 0.376 e. The molecule has 0 spiro atoms. The third-order valence-corrected chi connectivity index (χ3v) is 4.63. The highest BCUT2D eigenvalue weighted by Gasteiger charge is 2.34. The summed E-state index contributed by atoms with van der Waals surface area (Å²) in [6.45, 7) is 2.56. The highest BCUT2D eigenvalue weighted by Crippen LogP contribution is 2.19. The molecule has 2 amide bonds. The first-order chi connectivity index (χ1) is 11.2. The van der Waals surface area contributed by atoms with Crippen LogP contribution < -0.4 is 5.32 Å². The zero-order valence-electron chi connectivity index (χ0n) is 13.4. The van der Waals surface area contributed by atoms with E-state index in [2.05, 4.69) is 17.4 Å². The lowest BCUT2D eigenvalue weighted by Crippen LogP contribution is -2.37. The molecule has 124 valence electrons. The predicted octanol–water partition coefficient (Wildman–Crippen LogP) is 1.37. The average Bonchev–Trinajstić information content (AvgIpc) is 3.21. The van der Waals surface area contributed by atoms with Gasteiger partial charge in [0.15, 0.2) is 0 Å². The fourth-order valence-corrected chi connectivity index (χ4v) is 3.24. The summed E-state index contributed by atoms with van der Waals surface area (Å²) in [5.74, 6) is -0.158. The molecule has 2 heterocycles. The van der Waals surface area contributed by atoms with Gasteiger partial charge in [0.25, 0.3) is 0 Å². The molecule has 5 nitrogen and oxygen atoms in total. The van der Waals surface area contributed by atoms with Gasteiger partial charge in [0.2, 0.25) is 11.8 Å². The summed E-state index contributed by atoms with van der Waals surface area (Å²) in [5, 5.41) is 2.94. The number of carbonyl (C=O) groups excluding carboxylic acids is 2. The minimum absolute atomic E-state index is 0.0175. The Labute approximate surface area is 137 Å². The molecule has 5 heteroatoms. The Morgan fingerprint density at radius 1 is 1.30 bits per heavy atom. The lowest BCUT2D eigenvalue weighted by atomic mass is 10.1. The molecule has 0 radical (unpaired) electrons. The first kappa shape index (κ1) is 16.0. The Balaban J connectivity index is 1.43. The van der Waals surface area contributed by atoms with Gasteiger partial charge >= 0.3 is 0 Å². The molecule has 1 N–H and O–H groups in total. The number of ether oxygens (including phenoxy) is 1. The number of hydrogen-bond acceptors (Lipinski definition) is 3. The number of hydrogen-bond donors (Lipinski definition) is 1. The van der Waals surface area contributed by atoms with Crippen molar-refractivity contribution in [2.45, 2.75) is 31.8 Å². The summed E-state index contributed by atoms with van der Waals surface area (Å²) in [7, 11) is 0. The summed E-state index contributed by atoms with van der Waals surface area (Å²) in [5.41, 5.74) is 1.21. The van der Waals surface area contributed by atoms with Crippen LogP contribution >= 0.6 is 0 Å². The van der Waals surface area contributed by atoms with E-state index in [1.54, 1.807) is 0 Å². The van der Waals surface area contributed by atoms with Crippen molar-refractivity contribution in [1.29, 1.82) is 0 Å². The quantitative estimate of drug-likeness (QED) is 0.862. The van der Waals surface area contributed by atoms with Gasteiger partial charge in [-0.15, -0.1) is 0 Å². The van der Waals surface area contributed by atoms with E-state index in [1.807, 2.05) is 23.1 Å². The molecule has 2 atom stereocenters. The molecule has 2 aliphatic rings. The summed E-state index contributed by atoms with van der Waals surface area (Å²) in [4.78, 5) is 26.1. The van der Waals surface area contributed by atoms with Gasteiger partial charge in [-0.25, -0.2) is 0 Å². The van der Waals surface area contributed by atoms with Crippen LogP contribution in [0.2, 0.25) is 0 Å². The van der Waals surface area contributed by atoms with Gasteiger partial charge in [-0.05, 0) is 24.8 Å². The fourth-order valence-electron chi connectivity index (χ4n) is 3.24. The maximum Gasteiger partial charge on any atom is 0.225 e. The van der Waals surface area contributed by atoms with E-state index in [-0.39, 0.29) is 23.8 Å². The van der Waals surface area contributed by atoms with Gasteiger partial charge in [0, 0.05) is 32.7 Å². The van der Waals surface area contributed by atoms with Crippen LogP contribution in [0, 0.1) is 5.92 Å². The normalized spacial score (nSPS) is 24.2. The molecule has 0 aliphatic carbocycles. The van der Waals surface area contributed by atoms with Crippen LogP contribution in [0.25, 0.3) is 0 Å². The molecule has 0 saturated carbocycles. The standard InChI is InChI=1S/C18H24N2O3/c21-17-11-15(18(22)19-12-16-7-4-10-23-16)13-20(17)9-8-14-5-2-1-3-6-14/h1-3,5-6,15-16H,4,7-13H2,(H,19,22)/t15-,16+/m1/s1. The van der Waals surface area contributed by atoms with Crippen molar-refractivity contribution >= 4 is 11.8 Å². The van der Waals surface area contributed by atoms with Crippen molar-refractivity contribution in [1.82, 2.24) is 10.2 Å². The summed E-state index contributed by atoms with van der Waals surface area (Å²) in [6.07, 6.45) is 3.37. The van der Waals surface area contributed by atoms with E-state index in [1.165, 1.54) is 5.56 Å². The van der Waals surface area contributed by atoms with Crippen molar-refractivity contribution in [2.75, 3.05) is 26.2 Å². The van der Waals surface area contributed by atoms with Gasteiger partial charge in [-0.3, -0.25) is 9.59 Å². The number of likely N-dealkylation sites (tertiary alicyclic amines) is 1. The maximum atomic E-state index is 12.2. The molecule has 3 rings (SSSR count).